The van der Waals surface area contributed by atoms with E-state index in [1.807, 2.05) is 24.3 Å². The molecule has 0 aliphatic rings. The normalized spacial score (nSPS) is 10.0. The third-order valence-corrected chi connectivity index (χ3v) is 2.00. The third kappa shape index (κ3) is 2.70. The number of rotatable bonds is 3. The molecule has 0 saturated carbocycles. The highest BCUT2D eigenvalue weighted by Crippen LogP contribution is 2.14. The lowest BCUT2D eigenvalue weighted by Gasteiger charge is -2.00. The van der Waals surface area contributed by atoms with E-state index in [0.717, 1.165) is 23.6 Å². The van der Waals surface area contributed by atoms with Gasteiger partial charge in [-0.25, -0.2) is 4.84 Å². The van der Waals surface area contributed by atoms with E-state index in [1.165, 1.54) is 0 Å². The monoisotopic (exact) mass is 189 g/mol. The van der Waals surface area contributed by atoms with Gasteiger partial charge in [-0.15, -0.1) is 0 Å². The molecule has 1 rings (SSSR count). The van der Waals surface area contributed by atoms with Gasteiger partial charge in [-0.3, -0.25) is 0 Å². The van der Waals surface area contributed by atoms with Gasteiger partial charge in [0.15, 0.2) is 0 Å². The summed E-state index contributed by atoms with van der Waals surface area (Å²) in [4.78, 5) is 2.56. The molecule has 0 aliphatic carbocycles. The van der Waals surface area contributed by atoms with Crippen LogP contribution in [0.2, 0.25) is 5.02 Å². The topological polar surface area (TPSA) is 12.0 Å². The fourth-order valence-corrected chi connectivity index (χ4v) is 1.21. The number of hydrogen-bond donors (Lipinski definition) is 1. The number of halogens is 2. The minimum atomic E-state index is 0.741. The zero-order chi connectivity index (χ0) is 8.10. The van der Waals surface area contributed by atoms with Crippen LogP contribution in [0.4, 0.5) is 0 Å². The maximum atomic E-state index is 5.89. The third-order valence-electron chi connectivity index (χ3n) is 1.45. The summed E-state index contributed by atoms with van der Waals surface area (Å²) >= 11 is 11.2. The van der Waals surface area contributed by atoms with Gasteiger partial charge in [-0.2, -0.15) is 0 Å². The lowest BCUT2D eigenvalue weighted by atomic mass is 10.1. The fraction of sp³-hybridized carbons (Fsp3) is 0.250. The Bertz CT molecular complexity index is 225. The van der Waals surface area contributed by atoms with E-state index in [4.69, 9.17) is 23.4 Å². The standard InChI is InChI=1S/C8H9Cl2N/c9-8-4-2-1-3-7(8)5-6-11-10/h1-4,11H,5-6H2. The van der Waals surface area contributed by atoms with Crippen LogP contribution in [0.5, 0.6) is 0 Å². The van der Waals surface area contributed by atoms with Gasteiger partial charge in [-0.05, 0) is 29.8 Å². The van der Waals surface area contributed by atoms with E-state index in [-0.39, 0.29) is 0 Å². The van der Waals surface area contributed by atoms with Gasteiger partial charge >= 0.3 is 0 Å². The quantitative estimate of drug-likeness (QED) is 0.722. The molecule has 0 heterocycles. The van der Waals surface area contributed by atoms with E-state index in [0.29, 0.717) is 0 Å². The first-order valence-corrected chi connectivity index (χ1v) is 4.17. The molecule has 0 radical (unpaired) electrons. The van der Waals surface area contributed by atoms with Crippen molar-refractivity contribution in [1.82, 2.24) is 4.84 Å². The van der Waals surface area contributed by atoms with Crippen molar-refractivity contribution in [3.63, 3.8) is 0 Å². The van der Waals surface area contributed by atoms with Crippen molar-refractivity contribution in [3.05, 3.63) is 34.9 Å². The van der Waals surface area contributed by atoms with E-state index in [1.54, 1.807) is 0 Å². The lowest BCUT2D eigenvalue weighted by Crippen LogP contribution is -2.04. The van der Waals surface area contributed by atoms with Crippen LogP contribution in [0, 0.1) is 0 Å². The summed E-state index contributed by atoms with van der Waals surface area (Å²) < 4.78 is 0. The lowest BCUT2D eigenvalue weighted by molar-refractivity contribution is 0.899. The van der Waals surface area contributed by atoms with Crippen molar-refractivity contribution in [2.75, 3.05) is 6.54 Å². The maximum Gasteiger partial charge on any atom is 0.0438 e. The number of nitrogens with one attached hydrogen (secondary N) is 1. The minimum Gasteiger partial charge on any atom is -0.233 e. The largest absolute Gasteiger partial charge is 0.233 e. The second-order valence-corrected chi connectivity index (χ2v) is 2.90. The van der Waals surface area contributed by atoms with E-state index in [9.17, 15) is 0 Å². The Balaban J connectivity index is 2.62. The predicted octanol–water partition coefficient (Wildman–Crippen LogP) is 2.63. The molecule has 0 amide bonds. The van der Waals surface area contributed by atoms with Crippen LogP contribution in [0.15, 0.2) is 24.3 Å². The van der Waals surface area contributed by atoms with Crippen LogP contribution in [-0.4, -0.2) is 6.54 Å². The molecule has 60 valence electrons. The SMILES string of the molecule is ClNCCc1ccccc1Cl. The van der Waals surface area contributed by atoms with Crippen LogP contribution in [0.1, 0.15) is 5.56 Å². The summed E-state index contributed by atoms with van der Waals surface area (Å²) in [7, 11) is 0. The molecule has 1 aromatic carbocycles. The Morgan fingerprint density at radius 2 is 2.00 bits per heavy atom. The number of benzene rings is 1. The first kappa shape index (κ1) is 8.85. The van der Waals surface area contributed by atoms with Crippen LogP contribution < -0.4 is 4.84 Å². The van der Waals surface area contributed by atoms with Gasteiger partial charge in [0, 0.05) is 11.6 Å². The molecular weight excluding hydrogens is 181 g/mol. The molecule has 11 heavy (non-hydrogen) atoms. The molecule has 1 N–H and O–H groups in total. The molecule has 0 saturated heterocycles. The van der Waals surface area contributed by atoms with Crippen molar-refractivity contribution >= 4 is 23.4 Å². The van der Waals surface area contributed by atoms with Gasteiger partial charge in [0.05, 0.1) is 0 Å². The van der Waals surface area contributed by atoms with Crippen molar-refractivity contribution in [3.8, 4) is 0 Å². The number of hydrogen-bond acceptors (Lipinski definition) is 1. The highest BCUT2D eigenvalue weighted by atomic mass is 35.5. The molecule has 1 aromatic rings. The molecule has 0 bridgehead atoms. The van der Waals surface area contributed by atoms with Crippen molar-refractivity contribution in [2.45, 2.75) is 6.42 Å². The van der Waals surface area contributed by atoms with Crippen molar-refractivity contribution in [2.24, 2.45) is 0 Å². The summed E-state index contributed by atoms with van der Waals surface area (Å²) in [5, 5.41) is 0.805. The summed E-state index contributed by atoms with van der Waals surface area (Å²) in [6.45, 7) is 0.741. The summed E-state index contributed by atoms with van der Waals surface area (Å²) in [5.74, 6) is 0. The summed E-state index contributed by atoms with van der Waals surface area (Å²) in [6, 6.07) is 7.76. The van der Waals surface area contributed by atoms with Crippen molar-refractivity contribution in [1.29, 1.82) is 0 Å². The van der Waals surface area contributed by atoms with Crippen LogP contribution in [-0.2, 0) is 6.42 Å². The Morgan fingerprint density at radius 3 is 2.64 bits per heavy atom. The predicted molar refractivity (Wildman–Crippen MR) is 49.0 cm³/mol. The maximum absolute atomic E-state index is 5.89. The van der Waals surface area contributed by atoms with Gasteiger partial charge in [0.1, 0.15) is 0 Å². The summed E-state index contributed by atoms with van der Waals surface area (Å²) in [5.41, 5.74) is 1.13. The van der Waals surface area contributed by atoms with Gasteiger partial charge < -0.3 is 0 Å². The average molecular weight is 190 g/mol. The van der Waals surface area contributed by atoms with Crippen molar-refractivity contribution < 1.29 is 0 Å². The molecule has 0 atom stereocenters. The second kappa shape index (κ2) is 4.60. The minimum absolute atomic E-state index is 0.741. The Hall–Kier alpha value is -0.240. The summed E-state index contributed by atoms with van der Waals surface area (Å²) in [6.07, 6.45) is 0.864. The zero-order valence-corrected chi connectivity index (χ0v) is 7.49. The first-order valence-electron chi connectivity index (χ1n) is 3.41. The average Bonchev–Trinajstić information content (AvgIpc) is 2.03. The van der Waals surface area contributed by atoms with E-state index < -0.39 is 0 Å². The Kier molecular flexibility index (Phi) is 3.70. The fourth-order valence-electron chi connectivity index (χ4n) is 0.883. The van der Waals surface area contributed by atoms with Crippen LogP contribution >= 0.6 is 23.4 Å². The zero-order valence-electron chi connectivity index (χ0n) is 5.98. The molecule has 0 spiro atoms. The molecule has 0 unspecified atom stereocenters. The highest BCUT2D eigenvalue weighted by Gasteiger charge is 1.96. The molecule has 0 aromatic heterocycles. The van der Waals surface area contributed by atoms with E-state index >= 15 is 0 Å². The van der Waals surface area contributed by atoms with Crippen LogP contribution in [0.3, 0.4) is 0 Å². The first-order chi connectivity index (χ1) is 5.34. The Labute approximate surface area is 76.4 Å². The molecule has 0 fully saturated rings. The molecule has 3 heteroatoms. The molecular formula is C8H9Cl2N. The smallest absolute Gasteiger partial charge is 0.0438 e. The van der Waals surface area contributed by atoms with Gasteiger partial charge in [0.2, 0.25) is 0 Å². The molecule has 0 aliphatic heterocycles. The van der Waals surface area contributed by atoms with Crippen LogP contribution in [0.25, 0.3) is 0 Å². The van der Waals surface area contributed by atoms with Gasteiger partial charge in [0.25, 0.3) is 0 Å². The Morgan fingerprint density at radius 1 is 1.27 bits per heavy atom. The highest BCUT2D eigenvalue weighted by molar-refractivity contribution is 6.31. The van der Waals surface area contributed by atoms with E-state index in [2.05, 4.69) is 4.84 Å². The molecule has 1 nitrogen and oxygen atoms in total. The second-order valence-electron chi connectivity index (χ2n) is 2.23. The van der Waals surface area contributed by atoms with Gasteiger partial charge in [-0.1, -0.05) is 29.8 Å².